The molecule has 1 aromatic heterocycles. The van der Waals surface area contributed by atoms with Crippen molar-refractivity contribution in [2.45, 2.75) is 0 Å². The number of rotatable bonds is 6. The Balaban J connectivity index is 2.10. The highest BCUT2D eigenvalue weighted by atomic mass is 16.5. The van der Waals surface area contributed by atoms with Gasteiger partial charge in [0, 0.05) is 23.5 Å². The van der Waals surface area contributed by atoms with Crippen LogP contribution in [0.25, 0.3) is 22.3 Å². The van der Waals surface area contributed by atoms with Crippen molar-refractivity contribution in [2.24, 2.45) is 0 Å². The van der Waals surface area contributed by atoms with E-state index in [1.807, 2.05) is 48.8 Å². The highest BCUT2D eigenvalue weighted by Gasteiger charge is 2.16. The molecule has 1 heterocycles. The maximum atomic E-state index is 5.46. The maximum Gasteiger partial charge on any atom is 0.203 e. The summed E-state index contributed by atoms with van der Waals surface area (Å²) in [6.45, 7) is 0. The van der Waals surface area contributed by atoms with E-state index in [9.17, 15) is 0 Å². The van der Waals surface area contributed by atoms with Crippen LogP contribution in [0.1, 0.15) is 0 Å². The number of H-pyrrole nitrogens is 1. The third-order valence-corrected chi connectivity index (χ3v) is 4.12. The van der Waals surface area contributed by atoms with E-state index < -0.39 is 0 Å². The molecule has 0 saturated heterocycles. The smallest absolute Gasteiger partial charge is 0.203 e. The highest BCUT2D eigenvalue weighted by Crippen LogP contribution is 2.43. The normalized spacial score (nSPS) is 10.4. The molecule has 0 atom stereocenters. The SMILES string of the molecule is COc1ccc(-c2c[nH]cc2-c2cc(OC)c(OC)c(OC)c2)cc1. The van der Waals surface area contributed by atoms with Gasteiger partial charge in [-0.25, -0.2) is 0 Å². The first kappa shape index (κ1) is 16.8. The largest absolute Gasteiger partial charge is 0.497 e. The molecule has 1 N–H and O–H groups in total. The van der Waals surface area contributed by atoms with Gasteiger partial charge in [-0.15, -0.1) is 0 Å². The Morgan fingerprint density at radius 1 is 0.640 bits per heavy atom. The average Bonchev–Trinajstić information content (AvgIpc) is 3.16. The Morgan fingerprint density at radius 2 is 1.20 bits per heavy atom. The summed E-state index contributed by atoms with van der Waals surface area (Å²) >= 11 is 0. The number of methoxy groups -OCH3 is 4. The molecule has 0 amide bonds. The summed E-state index contributed by atoms with van der Waals surface area (Å²) in [6, 6.07) is 11.8. The molecule has 5 heteroatoms. The Bertz CT molecular complexity index is 827. The van der Waals surface area contributed by atoms with Gasteiger partial charge < -0.3 is 23.9 Å². The summed E-state index contributed by atoms with van der Waals surface area (Å²) in [5.41, 5.74) is 4.19. The number of hydrogen-bond donors (Lipinski definition) is 1. The molecule has 0 radical (unpaired) electrons. The molecular weight excluding hydrogens is 318 g/mol. The van der Waals surface area contributed by atoms with Crippen LogP contribution in [0.5, 0.6) is 23.0 Å². The van der Waals surface area contributed by atoms with Crippen molar-refractivity contribution in [2.75, 3.05) is 28.4 Å². The molecule has 25 heavy (non-hydrogen) atoms. The summed E-state index contributed by atoms with van der Waals surface area (Å²) in [6.07, 6.45) is 3.93. The molecule has 5 nitrogen and oxygen atoms in total. The van der Waals surface area contributed by atoms with Crippen LogP contribution in [-0.4, -0.2) is 33.4 Å². The number of hydrogen-bond acceptors (Lipinski definition) is 4. The molecule has 2 aromatic carbocycles. The van der Waals surface area contributed by atoms with E-state index in [2.05, 4.69) is 4.98 Å². The third kappa shape index (κ3) is 3.13. The summed E-state index contributed by atoms with van der Waals surface area (Å²) in [7, 11) is 6.48. The summed E-state index contributed by atoms with van der Waals surface area (Å²) in [5, 5.41) is 0. The first-order valence-corrected chi connectivity index (χ1v) is 7.83. The first-order chi connectivity index (χ1) is 12.2. The number of aromatic nitrogens is 1. The Labute approximate surface area is 147 Å². The lowest BCUT2D eigenvalue weighted by Gasteiger charge is -2.14. The lowest BCUT2D eigenvalue weighted by atomic mass is 9.98. The van der Waals surface area contributed by atoms with Crippen molar-refractivity contribution in [3.05, 3.63) is 48.8 Å². The minimum atomic E-state index is 0.579. The predicted octanol–water partition coefficient (Wildman–Crippen LogP) is 4.38. The molecule has 0 fully saturated rings. The van der Waals surface area contributed by atoms with E-state index in [0.717, 1.165) is 28.0 Å². The zero-order chi connectivity index (χ0) is 17.8. The minimum absolute atomic E-state index is 0.579. The molecule has 0 saturated carbocycles. The lowest BCUT2D eigenvalue weighted by Crippen LogP contribution is -1.95. The van der Waals surface area contributed by atoms with E-state index in [0.29, 0.717) is 17.2 Å². The van der Waals surface area contributed by atoms with E-state index >= 15 is 0 Å². The Hall–Kier alpha value is -3.08. The Morgan fingerprint density at radius 3 is 1.68 bits per heavy atom. The summed E-state index contributed by atoms with van der Waals surface area (Å²) < 4.78 is 21.6. The zero-order valence-electron chi connectivity index (χ0n) is 14.8. The second kappa shape index (κ2) is 7.21. The van der Waals surface area contributed by atoms with E-state index in [1.165, 1.54) is 0 Å². The minimum Gasteiger partial charge on any atom is -0.497 e. The number of benzene rings is 2. The Kier molecular flexibility index (Phi) is 4.84. The van der Waals surface area contributed by atoms with Crippen molar-refractivity contribution in [1.82, 2.24) is 4.98 Å². The van der Waals surface area contributed by atoms with Gasteiger partial charge in [-0.1, -0.05) is 12.1 Å². The van der Waals surface area contributed by atoms with Crippen LogP contribution < -0.4 is 18.9 Å². The molecule has 0 bridgehead atoms. The molecule has 3 aromatic rings. The van der Waals surface area contributed by atoms with Crippen LogP contribution in [-0.2, 0) is 0 Å². The molecule has 0 unspecified atom stereocenters. The van der Waals surface area contributed by atoms with Crippen LogP contribution in [0, 0.1) is 0 Å². The van der Waals surface area contributed by atoms with Gasteiger partial charge in [0.05, 0.1) is 28.4 Å². The van der Waals surface area contributed by atoms with E-state index in [-0.39, 0.29) is 0 Å². The van der Waals surface area contributed by atoms with Gasteiger partial charge in [-0.05, 0) is 35.4 Å². The highest BCUT2D eigenvalue weighted by molar-refractivity contribution is 5.85. The maximum absolute atomic E-state index is 5.46. The summed E-state index contributed by atoms with van der Waals surface area (Å²) in [4.78, 5) is 3.18. The lowest BCUT2D eigenvalue weighted by molar-refractivity contribution is 0.324. The van der Waals surface area contributed by atoms with Crippen molar-refractivity contribution in [3.8, 4) is 45.3 Å². The van der Waals surface area contributed by atoms with Crippen molar-refractivity contribution in [3.63, 3.8) is 0 Å². The summed E-state index contributed by atoms with van der Waals surface area (Å²) in [5.74, 6) is 2.65. The molecular formula is C20H21NO4. The average molecular weight is 339 g/mol. The van der Waals surface area contributed by atoms with Crippen molar-refractivity contribution in [1.29, 1.82) is 0 Å². The van der Waals surface area contributed by atoms with Gasteiger partial charge in [0.25, 0.3) is 0 Å². The third-order valence-electron chi connectivity index (χ3n) is 4.12. The number of nitrogens with one attached hydrogen (secondary N) is 1. The second-order valence-corrected chi connectivity index (χ2v) is 5.43. The van der Waals surface area contributed by atoms with Crippen LogP contribution in [0.3, 0.4) is 0 Å². The fourth-order valence-electron chi connectivity index (χ4n) is 2.85. The molecule has 130 valence electrons. The van der Waals surface area contributed by atoms with Crippen molar-refractivity contribution >= 4 is 0 Å². The van der Waals surface area contributed by atoms with Gasteiger partial charge in [-0.3, -0.25) is 0 Å². The van der Waals surface area contributed by atoms with E-state index in [1.54, 1.807) is 28.4 Å². The van der Waals surface area contributed by atoms with Gasteiger partial charge in [0.2, 0.25) is 5.75 Å². The van der Waals surface area contributed by atoms with Crippen LogP contribution in [0.2, 0.25) is 0 Å². The van der Waals surface area contributed by atoms with Gasteiger partial charge >= 0.3 is 0 Å². The van der Waals surface area contributed by atoms with E-state index in [4.69, 9.17) is 18.9 Å². The van der Waals surface area contributed by atoms with Crippen LogP contribution in [0.15, 0.2) is 48.8 Å². The zero-order valence-corrected chi connectivity index (χ0v) is 14.8. The van der Waals surface area contributed by atoms with Gasteiger partial charge in [-0.2, -0.15) is 0 Å². The fraction of sp³-hybridized carbons (Fsp3) is 0.200. The monoisotopic (exact) mass is 339 g/mol. The standard InChI is InChI=1S/C20H21NO4/c1-22-15-7-5-13(6-8-15)16-11-21-12-17(16)14-9-18(23-2)20(25-4)19(10-14)24-3/h5-12,21H,1-4H3. The van der Waals surface area contributed by atoms with Gasteiger partial charge in [0.15, 0.2) is 11.5 Å². The first-order valence-electron chi connectivity index (χ1n) is 7.83. The predicted molar refractivity (Wildman–Crippen MR) is 97.9 cm³/mol. The molecule has 0 aliphatic carbocycles. The molecule has 0 aliphatic heterocycles. The molecule has 0 spiro atoms. The second-order valence-electron chi connectivity index (χ2n) is 5.43. The topological polar surface area (TPSA) is 52.7 Å². The molecule has 0 aliphatic rings. The fourth-order valence-corrected chi connectivity index (χ4v) is 2.85. The number of aromatic amines is 1. The van der Waals surface area contributed by atoms with Crippen LogP contribution >= 0.6 is 0 Å². The van der Waals surface area contributed by atoms with Crippen LogP contribution in [0.4, 0.5) is 0 Å². The quantitative estimate of drug-likeness (QED) is 0.724. The van der Waals surface area contributed by atoms with Crippen molar-refractivity contribution < 1.29 is 18.9 Å². The number of ether oxygens (including phenoxy) is 4. The molecule has 3 rings (SSSR count). The van der Waals surface area contributed by atoms with Gasteiger partial charge in [0.1, 0.15) is 5.75 Å².